The monoisotopic (exact) mass is 635 g/mol. The van der Waals surface area contributed by atoms with Crippen LogP contribution < -0.4 is 16.0 Å². The number of imidazole rings is 1. The van der Waals surface area contributed by atoms with E-state index in [2.05, 4.69) is 26.0 Å². The zero-order valence-electron chi connectivity index (χ0n) is 26.3. The van der Waals surface area contributed by atoms with Crippen molar-refractivity contribution >= 4 is 40.4 Å². The minimum absolute atomic E-state index is 0.00373. The average molecular weight is 636 g/mol. The first-order valence-electron chi connectivity index (χ1n) is 15.1. The highest BCUT2D eigenvalue weighted by molar-refractivity contribution is 6.31. The molecule has 1 fully saturated rings. The number of nitrogens with one attached hydrogen (secondary N) is 4. The van der Waals surface area contributed by atoms with E-state index in [4.69, 9.17) is 16.6 Å². The van der Waals surface area contributed by atoms with Crippen LogP contribution in [-0.4, -0.2) is 50.1 Å². The summed E-state index contributed by atoms with van der Waals surface area (Å²) in [5.74, 6) is -1.58. The predicted molar refractivity (Wildman–Crippen MR) is 170 cm³/mol. The Hall–Kier alpha value is -4.25. The first kappa shape index (κ1) is 32.2. The summed E-state index contributed by atoms with van der Waals surface area (Å²) < 4.78 is 17.3. The molecule has 0 spiro atoms. The number of amides is 3. The Labute approximate surface area is 266 Å². The molecule has 238 valence electrons. The Morgan fingerprint density at radius 3 is 2.42 bits per heavy atom. The van der Waals surface area contributed by atoms with Crippen molar-refractivity contribution in [1.29, 1.82) is 0 Å². The molecule has 1 aliphatic carbocycles. The van der Waals surface area contributed by atoms with Gasteiger partial charge >= 0.3 is 0 Å². The summed E-state index contributed by atoms with van der Waals surface area (Å²) in [7, 11) is 3.22. The van der Waals surface area contributed by atoms with Crippen LogP contribution in [0.2, 0.25) is 5.02 Å². The lowest BCUT2D eigenvalue weighted by Crippen LogP contribution is -2.64. The Morgan fingerprint density at radius 1 is 1.13 bits per heavy atom. The quantitative estimate of drug-likeness (QED) is 0.193. The van der Waals surface area contributed by atoms with Crippen LogP contribution >= 0.6 is 11.6 Å². The van der Waals surface area contributed by atoms with Gasteiger partial charge in [-0.2, -0.15) is 5.10 Å². The van der Waals surface area contributed by atoms with Crippen LogP contribution in [0.3, 0.4) is 0 Å². The summed E-state index contributed by atoms with van der Waals surface area (Å²) in [6, 6.07) is 11.3. The van der Waals surface area contributed by atoms with Crippen molar-refractivity contribution in [2.75, 3.05) is 7.05 Å². The molecule has 5 rings (SSSR count). The fourth-order valence-electron chi connectivity index (χ4n) is 6.16. The topological polar surface area (TPSA) is 134 Å². The number of hydrogen-bond acceptors (Lipinski definition) is 5. The van der Waals surface area contributed by atoms with Gasteiger partial charge in [0.25, 0.3) is 5.91 Å². The van der Waals surface area contributed by atoms with Gasteiger partial charge in [-0.15, -0.1) is 0 Å². The molecule has 0 radical (unpaired) electrons. The van der Waals surface area contributed by atoms with Gasteiger partial charge < -0.3 is 20.9 Å². The number of benzene rings is 2. The maximum absolute atomic E-state index is 15.8. The van der Waals surface area contributed by atoms with Crippen molar-refractivity contribution < 1.29 is 18.8 Å². The van der Waals surface area contributed by atoms with Gasteiger partial charge in [0.1, 0.15) is 22.9 Å². The number of carbonyl (C=O) groups is 3. The van der Waals surface area contributed by atoms with E-state index in [9.17, 15) is 14.4 Å². The maximum atomic E-state index is 15.8. The fourth-order valence-corrected chi connectivity index (χ4v) is 6.42. The van der Waals surface area contributed by atoms with E-state index in [-0.39, 0.29) is 29.2 Å². The van der Waals surface area contributed by atoms with Crippen LogP contribution in [-0.2, 0) is 22.1 Å². The van der Waals surface area contributed by atoms with Crippen LogP contribution in [0, 0.1) is 11.7 Å². The van der Waals surface area contributed by atoms with Crippen molar-refractivity contribution in [3.63, 3.8) is 0 Å². The third-order valence-corrected chi connectivity index (χ3v) is 9.37. The Balaban J connectivity index is 1.56. The van der Waals surface area contributed by atoms with Crippen molar-refractivity contribution in [1.82, 2.24) is 35.7 Å². The molecule has 2 aromatic carbocycles. The number of H-pyrrole nitrogens is 1. The molecular weight excluding hydrogens is 597 g/mol. The molecule has 10 nitrogen and oxygen atoms in total. The molecule has 4 aromatic rings. The lowest BCUT2D eigenvalue weighted by atomic mass is 9.74. The summed E-state index contributed by atoms with van der Waals surface area (Å²) in [5, 5.41) is 13.3. The molecule has 12 heteroatoms. The van der Waals surface area contributed by atoms with Crippen LogP contribution in [0.4, 0.5) is 4.39 Å². The van der Waals surface area contributed by atoms with Gasteiger partial charge in [-0.1, -0.05) is 43.6 Å². The Morgan fingerprint density at radius 2 is 1.84 bits per heavy atom. The highest BCUT2D eigenvalue weighted by Crippen LogP contribution is 2.41. The second-order valence-electron chi connectivity index (χ2n) is 12.6. The molecule has 1 saturated carbocycles. The number of aryl methyl sites for hydroxylation is 1. The second-order valence-corrected chi connectivity index (χ2v) is 13.1. The second kappa shape index (κ2) is 12.3. The third-order valence-electron chi connectivity index (χ3n) is 9.03. The number of fused-ring (bicyclic) bond motifs is 1. The highest BCUT2D eigenvalue weighted by Gasteiger charge is 2.47. The molecule has 45 heavy (non-hydrogen) atoms. The van der Waals surface area contributed by atoms with Crippen LogP contribution in [0.15, 0.2) is 48.7 Å². The molecular formula is C33H39ClFN7O3. The number of aromatic amines is 1. The van der Waals surface area contributed by atoms with E-state index in [1.54, 1.807) is 45.3 Å². The summed E-state index contributed by atoms with van der Waals surface area (Å²) >= 11 is 6.68. The van der Waals surface area contributed by atoms with E-state index >= 15 is 4.39 Å². The van der Waals surface area contributed by atoms with E-state index in [0.717, 1.165) is 12.0 Å². The fraction of sp³-hybridized carbons (Fsp3) is 0.424. The van der Waals surface area contributed by atoms with E-state index in [1.807, 2.05) is 32.0 Å². The third kappa shape index (κ3) is 5.93. The summed E-state index contributed by atoms with van der Waals surface area (Å²) in [4.78, 5) is 47.7. The number of nitrogens with zero attached hydrogens (tertiary/aromatic N) is 3. The molecule has 2 unspecified atom stereocenters. The van der Waals surface area contributed by atoms with Crippen molar-refractivity contribution in [3.05, 3.63) is 82.1 Å². The van der Waals surface area contributed by atoms with Crippen LogP contribution in [0.25, 0.3) is 11.0 Å². The van der Waals surface area contributed by atoms with Gasteiger partial charge in [0.15, 0.2) is 0 Å². The lowest BCUT2D eigenvalue weighted by molar-refractivity contribution is -0.138. The molecule has 4 N–H and O–H groups in total. The minimum Gasteiger partial charge on any atom is -0.357 e. The number of rotatable bonds is 10. The van der Waals surface area contributed by atoms with Gasteiger partial charge in [-0.25, -0.2) is 9.37 Å². The first-order chi connectivity index (χ1) is 21.3. The van der Waals surface area contributed by atoms with Crippen LogP contribution in [0.5, 0.6) is 0 Å². The molecule has 0 saturated heterocycles. The molecule has 0 aliphatic heterocycles. The van der Waals surface area contributed by atoms with Gasteiger partial charge in [0.05, 0.1) is 22.5 Å². The number of aromatic nitrogens is 4. The van der Waals surface area contributed by atoms with Gasteiger partial charge in [0.2, 0.25) is 11.8 Å². The molecule has 2 heterocycles. The Bertz CT molecular complexity index is 1760. The summed E-state index contributed by atoms with van der Waals surface area (Å²) in [6.07, 6.45) is 3.40. The lowest BCUT2D eigenvalue weighted by Gasteiger charge is -2.42. The van der Waals surface area contributed by atoms with Crippen molar-refractivity contribution in [2.45, 2.75) is 69.9 Å². The summed E-state index contributed by atoms with van der Waals surface area (Å²) in [5.41, 5.74) is -0.135. The largest absolute Gasteiger partial charge is 0.357 e. The zero-order chi connectivity index (χ0) is 32.7. The molecule has 2 atom stereocenters. The minimum atomic E-state index is -1.31. The molecule has 2 aromatic heterocycles. The van der Waals surface area contributed by atoms with E-state index in [1.165, 1.54) is 17.8 Å². The van der Waals surface area contributed by atoms with Crippen molar-refractivity contribution in [3.8, 4) is 0 Å². The zero-order valence-corrected chi connectivity index (χ0v) is 27.1. The van der Waals surface area contributed by atoms with E-state index in [0.29, 0.717) is 40.4 Å². The standard InChI is InChI=1S/C33H39ClFN7O3/c1-18(2)26(19-10-7-8-11-21(19)34)27(40-29(43)25-12-15-37-42(25)6)28-38-23-16-20(22(35)17-24(23)39-28)32(3,4)30(44)41-33(13-9-14-33)31(45)36-5/h7-8,10-12,15-18,26-27H,9,13-14H2,1-6H3,(H,36,45)(H,38,39)(H,40,43)(H,41,44). The summed E-state index contributed by atoms with van der Waals surface area (Å²) in [6.45, 7) is 7.32. The Kier molecular flexibility index (Phi) is 8.77. The number of halogens is 2. The molecule has 3 amide bonds. The maximum Gasteiger partial charge on any atom is 0.270 e. The first-order valence-corrected chi connectivity index (χ1v) is 15.4. The van der Waals surface area contributed by atoms with Crippen LogP contribution in [0.1, 0.15) is 86.4 Å². The average Bonchev–Trinajstić information content (AvgIpc) is 3.59. The molecule has 1 aliphatic rings. The van der Waals surface area contributed by atoms with Crippen molar-refractivity contribution in [2.24, 2.45) is 13.0 Å². The predicted octanol–water partition coefficient (Wildman–Crippen LogP) is 5.06. The van der Waals surface area contributed by atoms with Gasteiger partial charge in [-0.3, -0.25) is 19.1 Å². The normalized spacial score (nSPS) is 15.8. The number of hydrogen-bond donors (Lipinski definition) is 4. The van der Waals surface area contributed by atoms with Gasteiger partial charge in [-0.05, 0) is 62.8 Å². The molecule has 0 bridgehead atoms. The number of likely N-dealkylation sites (N-methyl/N-ethyl adjacent to an activating group) is 1. The highest BCUT2D eigenvalue weighted by atomic mass is 35.5. The SMILES string of the molecule is CNC(=O)C1(NC(=O)C(C)(C)c2cc3[nH]c(C(NC(=O)c4ccnn4C)C(c4ccccc4Cl)C(C)C)nc3cc2F)CCC1. The smallest absolute Gasteiger partial charge is 0.270 e. The van der Waals surface area contributed by atoms with Gasteiger partial charge in [0, 0.05) is 42.9 Å². The van der Waals surface area contributed by atoms with E-state index < -0.39 is 28.7 Å². The number of carbonyl (C=O) groups excluding carboxylic acids is 3.